The standard InChI is InChI=1S/C18H17BClO4/c1-3-23-18(22)9-12-4-6-15(20)17(8-12)24-16-7-5-14(19-2)10-13(16)11-21/h4-8,10-11H,3,9H2,1-2H3. The molecule has 4 nitrogen and oxygen atoms in total. The molecule has 2 aromatic rings. The monoisotopic (exact) mass is 343 g/mol. The van der Waals surface area contributed by atoms with E-state index in [1.165, 1.54) is 0 Å². The van der Waals surface area contributed by atoms with Gasteiger partial charge in [0.25, 0.3) is 0 Å². The molecule has 1 radical (unpaired) electrons. The van der Waals surface area contributed by atoms with Crippen LogP contribution in [-0.2, 0) is 16.0 Å². The zero-order valence-electron chi connectivity index (χ0n) is 13.5. The largest absolute Gasteiger partial charge is 0.466 e. The third kappa shape index (κ3) is 4.62. The maximum atomic E-state index is 11.6. The maximum Gasteiger partial charge on any atom is 0.310 e. The summed E-state index contributed by atoms with van der Waals surface area (Å²) in [6.07, 6.45) is 0.865. The number of rotatable bonds is 7. The van der Waals surface area contributed by atoms with Gasteiger partial charge in [0.05, 0.1) is 23.6 Å². The summed E-state index contributed by atoms with van der Waals surface area (Å²) in [7, 11) is 1.89. The van der Waals surface area contributed by atoms with Crippen LogP contribution < -0.4 is 10.2 Å². The number of halogens is 1. The van der Waals surface area contributed by atoms with Crippen LogP contribution in [-0.4, -0.2) is 26.1 Å². The van der Waals surface area contributed by atoms with Crippen LogP contribution in [0.15, 0.2) is 36.4 Å². The van der Waals surface area contributed by atoms with E-state index in [-0.39, 0.29) is 12.4 Å². The summed E-state index contributed by atoms with van der Waals surface area (Å²) in [6, 6.07) is 10.4. The summed E-state index contributed by atoms with van der Waals surface area (Å²) < 4.78 is 10.7. The van der Waals surface area contributed by atoms with E-state index in [9.17, 15) is 9.59 Å². The summed E-state index contributed by atoms with van der Waals surface area (Å²) in [6.45, 7) is 3.98. The number of benzene rings is 2. The van der Waals surface area contributed by atoms with E-state index in [0.717, 1.165) is 17.3 Å². The molecule has 0 bridgehead atoms. The van der Waals surface area contributed by atoms with Crippen molar-refractivity contribution in [1.29, 1.82) is 0 Å². The Morgan fingerprint density at radius 2 is 2.00 bits per heavy atom. The van der Waals surface area contributed by atoms with Crippen LogP contribution in [0.25, 0.3) is 0 Å². The van der Waals surface area contributed by atoms with E-state index >= 15 is 0 Å². The van der Waals surface area contributed by atoms with Gasteiger partial charge in [0.15, 0.2) is 6.29 Å². The van der Waals surface area contributed by atoms with Crippen LogP contribution in [0.1, 0.15) is 22.8 Å². The van der Waals surface area contributed by atoms with Gasteiger partial charge in [-0.25, -0.2) is 0 Å². The molecule has 123 valence electrons. The molecule has 0 aliphatic rings. The van der Waals surface area contributed by atoms with Crippen molar-refractivity contribution in [2.75, 3.05) is 6.61 Å². The van der Waals surface area contributed by atoms with Crippen molar-refractivity contribution >= 4 is 36.6 Å². The molecule has 2 rings (SSSR count). The molecule has 0 saturated carbocycles. The number of carbonyl (C=O) groups is 2. The molecule has 2 aromatic carbocycles. The number of esters is 1. The summed E-state index contributed by atoms with van der Waals surface area (Å²) in [5.74, 6) is 0.475. The lowest BCUT2D eigenvalue weighted by molar-refractivity contribution is -0.142. The summed E-state index contributed by atoms with van der Waals surface area (Å²) in [5.41, 5.74) is 2.07. The Labute approximate surface area is 147 Å². The topological polar surface area (TPSA) is 52.6 Å². The average molecular weight is 344 g/mol. The number of hydrogen-bond acceptors (Lipinski definition) is 4. The van der Waals surface area contributed by atoms with Gasteiger partial charge in [0.1, 0.15) is 18.8 Å². The van der Waals surface area contributed by atoms with Gasteiger partial charge in [-0.05, 0) is 30.7 Å². The molecule has 0 amide bonds. The van der Waals surface area contributed by atoms with E-state index in [2.05, 4.69) is 0 Å². The molecule has 24 heavy (non-hydrogen) atoms. The zero-order valence-corrected chi connectivity index (χ0v) is 14.3. The Morgan fingerprint density at radius 3 is 2.67 bits per heavy atom. The minimum absolute atomic E-state index is 0.131. The molecule has 0 atom stereocenters. The van der Waals surface area contributed by atoms with Gasteiger partial charge >= 0.3 is 5.97 Å². The molecule has 0 saturated heterocycles. The molecule has 0 aliphatic heterocycles. The number of aldehydes is 1. The van der Waals surface area contributed by atoms with E-state index in [0.29, 0.717) is 28.7 Å². The van der Waals surface area contributed by atoms with Gasteiger partial charge in [0.2, 0.25) is 0 Å². The van der Waals surface area contributed by atoms with Crippen LogP contribution in [0.2, 0.25) is 11.8 Å². The lowest BCUT2D eigenvalue weighted by Crippen LogP contribution is -2.11. The molecule has 6 heteroatoms. The van der Waals surface area contributed by atoms with Gasteiger partial charge in [-0.15, -0.1) is 0 Å². The summed E-state index contributed by atoms with van der Waals surface area (Å²) in [5, 5.41) is 0.394. The average Bonchev–Trinajstić information content (AvgIpc) is 2.58. The first kappa shape index (κ1) is 18.1. The van der Waals surface area contributed by atoms with Crippen molar-refractivity contribution in [2.24, 2.45) is 0 Å². The Bertz CT molecular complexity index is 746. The Morgan fingerprint density at radius 1 is 1.21 bits per heavy atom. The predicted octanol–water partition coefficient (Wildman–Crippen LogP) is 3.43. The molecule has 0 aromatic heterocycles. The van der Waals surface area contributed by atoms with Crippen LogP contribution in [0.4, 0.5) is 0 Å². The van der Waals surface area contributed by atoms with Crippen LogP contribution in [0.5, 0.6) is 11.5 Å². The minimum Gasteiger partial charge on any atom is -0.466 e. The fraction of sp³-hybridized carbons (Fsp3) is 0.222. The van der Waals surface area contributed by atoms with E-state index < -0.39 is 0 Å². The lowest BCUT2D eigenvalue weighted by atomic mass is 9.73. The third-order valence-corrected chi connectivity index (χ3v) is 3.68. The normalized spacial score (nSPS) is 10.1. The Hall–Kier alpha value is -2.27. The summed E-state index contributed by atoms with van der Waals surface area (Å²) >= 11 is 6.16. The van der Waals surface area contributed by atoms with Gasteiger partial charge in [0, 0.05) is 0 Å². The second kappa shape index (κ2) is 8.55. The van der Waals surface area contributed by atoms with E-state index in [1.807, 2.05) is 20.2 Å². The van der Waals surface area contributed by atoms with Gasteiger partial charge in [-0.3, -0.25) is 9.59 Å². The third-order valence-electron chi connectivity index (χ3n) is 3.36. The van der Waals surface area contributed by atoms with Crippen molar-refractivity contribution in [3.05, 3.63) is 52.5 Å². The fourth-order valence-corrected chi connectivity index (χ4v) is 2.32. The maximum absolute atomic E-state index is 11.6. The molecule has 0 heterocycles. The first-order valence-corrected chi connectivity index (χ1v) is 7.95. The minimum atomic E-state index is -0.317. The first-order chi connectivity index (χ1) is 11.6. The molecule has 0 fully saturated rings. The van der Waals surface area contributed by atoms with Crippen molar-refractivity contribution < 1.29 is 19.1 Å². The van der Waals surface area contributed by atoms with Gasteiger partial charge < -0.3 is 9.47 Å². The highest BCUT2D eigenvalue weighted by Crippen LogP contribution is 2.31. The number of hydrogen-bond donors (Lipinski definition) is 0. The van der Waals surface area contributed by atoms with Crippen molar-refractivity contribution in [3.8, 4) is 11.5 Å². The first-order valence-electron chi connectivity index (χ1n) is 7.57. The molecule has 0 N–H and O–H groups in total. The smallest absolute Gasteiger partial charge is 0.310 e. The highest BCUT2D eigenvalue weighted by Gasteiger charge is 2.11. The van der Waals surface area contributed by atoms with E-state index in [1.54, 1.807) is 37.3 Å². The SMILES string of the molecule is C[B]c1ccc(Oc2cc(CC(=O)OCC)ccc2Cl)c(C=O)c1. The number of carbonyl (C=O) groups excluding carboxylic acids is 2. The van der Waals surface area contributed by atoms with Crippen molar-refractivity contribution in [2.45, 2.75) is 20.2 Å². The quantitative estimate of drug-likeness (QED) is 0.439. The molecular weight excluding hydrogens is 326 g/mol. The molecular formula is C18H17BClO4. The molecule has 0 aliphatic carbocycles. The molecule has 0 spiro atoms. The second-order valence-corrected chi connectivity index (χ2v) is 5.46. The van der Waals surface area contributed by atoms with Gasteiger partial charge in [-0.2, -0.15) is 0 Å². The molecule has 0 unspecified atom stereocenters. The van der Waals surface area contributed by atoms with Crippen LogP contribution in [0, 0.1) is 0 Å². The fourth-order valence-electron chi connectivity index (χ4n) is 2.16. The predicted molar refractivity (Wildman–Crippen MR) is 94.9 cm³/mol. The Balaban J connectivity index is 2.26. The van der Waals surface area contributed by atoms with Gasteiger partial charge in [-0.1, -0.05) is 42.1 Å². The van der Waals surface area contributed by atoms with Crippen molar-refractivity contribution in [1.82, 2.24) is 0 Å². The van der Waals surface area contributed by atoms with Crippen LogP contribution in [0.3, 0.4) is 0 Å². The zero-order chi connectivity index (χ0) is 17.5. The van der Waals surface area contributed by atoms with Crippen molar-refractivity contribution in [3.63, 3.8) is 0 Å². The van der Waals surface area contributed by atoms with E-state index in [4.69, 9.17) is 21.1 Å². The Kier molecular flexibility index (Phi) is 6.44. The highest BCUT2D eigenvalue weighted by atomic mass is 35.5. The lowest BCUT2D eigenvalue weighted by Gasteiger charge is -2.12. The highest BCUT2D eigenvalue weighted by molar-refractivity contribution is 6.52. The second-order valence-electron chi connectivity index (χ2n) is 5.05. The summed E-state index contributed by atoms with van der Waals surface area (Å²) in [4.78, 5) is 22.9. The van der Waals surface area contributed by atoms with Crippen LogP contribution >= 0.6 is 11.6 Å². The number of ether oxygens (including phenoxy) is 2.